The molecule has 0 bridgehead atoms. The van der Waals surface area contributed by atoms with Crippen LogP contribution >= 0.6 is 0 Å². The lowest BCUT2D eigenvalue weighted by molar-refractivity contribution is -0.0896. The number of rotatable bonds is 12. The Morgan fingerprint density at radius 2 is 1.31 bits per heavy atom. The molecule has 3 aromatic rings. The van der Waals surface area contributed by atoms with Crippen LogP contribution in [-0.4, -0.2) is 31.0 Å². The molecular formula is C29H31N3O4. The van der Waals surface area contributed by atoms with Gasteiger partial charge in [-0.25, -0.2) is 0 Å². The quantitative estimate of drug-likeness (QED) is 0.227. The van der Waals surface area contributed by atoms with Gasteiger partial charge >= 0.3 is 0 Å². The van der Waals surface area contributed by atoms with Crippen LogP contribution in [0.1, 0.15) is 16.7 Å². The Morgan fingerprint density at radius 3 is 1.81 bits per heavy atom. The van der Waals surface area contributed by atoms with Crippen molar-refractivity contribution in [3.05, 3.63) is 119 Å². The number of nitriles is 1. The maximum Gasteiger partial charge on any atom is 0.123 e. The molecule has 36 heavy (non-hydrogen) atoms. The number of hydrogen-bond donors (Lipinski definition) is 2. The summed E-state index contributed by atoms with van der Waals surface area (Å²) in [6, 6.07) is 31.9. The van der Waals surface area contributed by atoms with E-state index in [1.165, 1.54) is 6.20 Å². The summed E-state index contributed by atoms with van der Waals surface area (Å²) < 4.78 is 25.1. The van der Waals surface area contributed by atoms with Crippen molar-refractivity contribution in [2.24, 2.45) is 5.84 Å². The molecule has 1 saturated heterocycles. The summed E-state index contributed by atoms with van der Waals surface area (Å²) in [5, 5.41) is 9.80. The van der Waals surface area contributed by atoms with Crippen molar-refractivity contribution in [2.75, 3.05) is 6.61 Å². The first kappa shape index (κ1) is 25.6. The second-order valence-electron chi connectivity index (χ2n) is 8.50. The average Bonchev–Trinajstić information content (AvgIpc) is 3.28. The topological polar surface area (TPSA) is 98.8 Å². The summed E-state index contributed by atoms with van der Waals surface area (Å²) in [5.74, 6) is 5.50. The van der Waals surface area contributed by atoms with Crippen molar-refractivity contribution in [3.63, 3.8) is 0 Å². The first-order chi connectivity index (χ1) is 17.8. The highest BCUT2D eigenvalue weighted by Crippen LogP contribution is 2.32. The highest BCUT2D eigenvalue weighted by molar-refractivity contribution is 5.29. The van der Waals surface area contributed by atoms with Gasteiger partial charge in [-0.2, -0.15) is 5.26 Å². The van der Waals surface area contributed by atoms with Crippen molar-refractivity contribution >= 4 is 0 Å². The molecule has 0 radical (unpaired) electrons. The van der Waals surface area contributed by atoms with E-state index in [-0.39, 0.29) is 6.61 Å². The van der Waals surface area contributed by atoms with Gasteiger partial charge in [0.2, 0.25) is 0 Å². The van der Waals surface area contributed by atoms with Crippen molar-refractivity contribution in [3.8, 4) is 6.07 Å². The fourth-order valence-corrected chi connectivity index (χ4v) is 4.16. The molecule has 0 aliphatic carbocycles. The van der Waals surface area contributed by atoms with Gasteiger partial charge in [0.25, 0.3) is 0 Å². The molecule has 0 saturated carbocycles. The second kappa shape index (κ2) is 13.5. The molecule has 0 amide bonds. The summed E-state index contributed by atoms with van der Waals surface area (Å²) in [4.78, 5) is 0. The van der Waals surface area contributed by atoms with Gasteiger partial charge in [0.1, 0.15) is 24.4 Å². The predicted molar refractivity (Wildman–Crippen MR) is 136 cm³/mol. The largest absolute Gasteiger partial charge is 0.374 e. The van der Waals surface area contributed by atoms with Gasteiger partial charge in [-0.05, 0) is 16.7 Å². The third kappa shape index (κ3) is 7.01. The van der Waals surface area contributed by atoms with Crippen molar-refractivity contribution in [2.45, 2.75) is 44.2 Å². The molecule has 7 nitrogen and oxygen atoms in total. The maximum absolute atomic E-state index is 9.80. The first-order valence-electron chi connectivity index (χ1n) is 11.9. The molecule has 1 heterocycles. The lowest BCUT2D eigenvalue weighted by Crippen LogP contribution is -2.39. The molecule has 0 aromatic heterocycles. The van der Waals surface area contributed by atoms with Crippen LogP contribution in [0.3, 0.4) is 0 Å². The van der Waals surface area contributed by atoms with Gasteiger partial charge in [-0.15, -0.1) is 0 Å². The van der Waals surface area contributed by atoms with E-state index in [0.29, 0.717) is 25.4 Å². The normalized spacial score (nSPS) is 21.7. The van der Waals surface area contributed by atoms with Crippen LogP contribution in [0.5, 0.6) is 0 Å². The number of hydrazine groups is 1. The van der Waals surface area contributed by atoms with E-state index < -0.39 is 24.4 Å². The number of nitrogens with one attached hydrogen (secondary N) is 1. The zero-order valence-electron chi connectivity index (χ0n) is 20.0. The van der Waals surface area contributed by atoms with Gasteiger partial charge in [-0.3, -0.25) is 5.84 Å². The van der Waals surface area contributed by atoms with Crippen LogP contribution in [0.4, 0.5) is 0 Å². The molecule has 3 aromatic carbocycles. The molecular weight excluding hydrogens is 454 g/mol. The van der Waals surface area contributed by atoms with Crippen molar-refractivity contribution in [1.29, 1.82) is 5.26 Å². The number of nitrogens with zero attached hydrogens (tertiary/aromatic N) is 1. The van der Waals surface area contributed by atoms with E-state index >= 15 is 0 Å². The molecule has 1 fully saturated rings. The lowest BCUT2D eigenvalue weighted by Gasteiger charge is -2.25. The zero-order chi connectivity index (χ0) is 25.0. The number of benzene rings is 3. The molecule has 186 valence electrons. The molecule has 7 heteroatoms. The Labute approximate surface area is 212 Å². The second-order valence-corrected chi connectivity index (χ2v) is 8.50. The van der Waals surface area contributed by atoms with Crippen LogP contribution in [0.15, 0.2) is 103 Å². The minimum Gasteiger partial charge on any atom is -0.374 e. The monoisotopic (exact) mass is 485 g/mol. The summed E-state index contributed by atoms with van der Waals surface area (Å²) in [5.41, 5.74) is 5.89. The maximum atomic E-state index is 9.80. The molecule has 1 aliphatic heterocycles. The Morgan fingerprint density at radius 1 is 0.806 bits per heavy atom. The molecule has 3 unspecified atom stereocenters. The Kier molecular flexibility index (Phi) is 9.62. The van der Waals surface area contributed by atoms with E-state index in [4.69, 9.17) is 24.8 Å². The highest BCUT2D eigenvalue weighted by Gasteiger charge is 2.48. The summed E-state index contributed by atoms with van der Waals surface area (Å²) in [6.45, 7) is 1.45. The van der Waals surface area contributed by atoms with Gasteiger partial charge in [0.05, 0.1) is 38.1 Å². The summed E-state index contributed by atoms with van der Waals surface area (Å²) in [7, 11) is 0. The predicted octanol–water partition coefficient (Wildman–Crippen LogP) is 4.01. The van der Waals surface area contributed by atoms with Crippen molar-refractivity contribution < 1.29 is 18.9 Å². The van der Waals surface area contributed by atoms with Crippen LogP contribution < -0.4 is 11.3 Å². The van der Waals surface area contributed by atoms with E-state index in [9.17, 15) is 5.26 Å². The summed E-state index contributed by atoms with van der Waals surface area (Å²) in [6.07, 6.45) is -0.688. The molecule has 1 aliphatic rings. The number of ether oxygens (including phenoxy) is 4. The Balaban J connectivity index is 1.54. The number of hydrogen-bond acceptors (Lipinski definition) is 7. The van der Waals surface area contributed by atoms with E-state index in [1.54, 1.807) is 0 Å². The molecule has 3 N–H and O–H groups in total. The van der Waals surface area contributed by atoms with Gasteiger partial charge in [0.15, 0.2) is 0 Å². The van der Waals surface area contributed by atoms with Crippen molar-refractivity contribution in [1.82, 2.24) is 5.43 Å². The van der Waals surface area contributed by atoms with E-state index in [0.717, 1.165) is 16.7 Å². The van der Waals surface area contributed by atoms with E-state index in [2.05, 4.69) is 11.5 Å². The minimum absolute atomic E-state index is 0.283. The third-order valence-electron chi connectivity index (χ3n) is 5.95. The molecule has 4 atom stereocenters. The summed E-state index contributed by atoms with van der Waals surface area (Å²) >= 11 is 0. The zero-order valence-corrected chi connectivity index (χ0v) is 20.0. The highest BCUT2D eigenvalue weighted by atomic mass is 16.6. The van der Waals surface area contributed by atoms with Gasteiger partial charge < -0.3 is 24.4 Å². The van der Waals surface area contributed by atoms with Gasteiger partial charge in [0, 0.05) is 6.20 Å². The van der Waals surface area contributed by atoms with E-state index in [1.807, 2.05) is 91.0 Å². The Hall–Kier alpha value is -3.51. The van der Waals surface area contributed by atoms with Gasteiger partial charge in [-0.1, -0.05) is 91.0 Å². The minimum atomic E-state index is -0.666. The first-order valence-corrected chi connectivity index (χ1v) is 11.9. The van der Waals surface area contributed by atoms with Crippen LogP contribution in [0.25, 0.3) is 0 Å². The molecule has 0 spiro atoms. The fourth-order valence-electron chi connectivity index (χ4n) is 4.16. The third-order valence-corrected chi connectivity index (χ3v) is 5.95. The average molecular weight is 486 g/mol. The number of nitrogens with two attached hydrogens (primary N) is 1. The molecule has 4 rings (SSSR count). The van der Waals surface area contributed by atoms with Crippen LogP contribution in [-0.2, 0) is 38.8 Å². The standard InChI is InChI=1S/C29H31N3O4/c30-16-25(17-32-31)27-29(35-20-24-14-8-3-9-15-24)28(34-19-23-12-6-2-7-13-23)26(36-27)21-33-18-22-10-4-1-5-11-22/h1-15,17,26-29,32H,18-21,31H2/t26-,27?,28?,29?/m1/s1. The SMILES string of the molecule is N#CC(=CNN)C1O[C@H](COCc2ccccc2)C(OCc2ccccc2)C1OCc1ccccc1. The van der Waals surface area contributed by atoms with Crippen LogP contribution in [0.2, 0.25) is 0 Å². The Bertz CT molecular complexity index is 1120. The fraction of sp³-hybridized carbons (Fsp3) is 0.276. The smallest absolute Gasteiger partial charge is 0.123 e. The lowest BCUT2D eigenvalue weighted by atomic mass is 10.0. The van der Waals surface area contributed by atoms with Crippen LogP contribution in [0, 0.1) is 11.3 Å².